The number of pyridine rings is 1. The lowest BCUT2D eigenvalue weighted by molar-refractivity contribution is 0.0915. The summed E-state index contributed by atoms with van der Waals surface area (Å²) in [5.74, 6) is 1.99. The first-order valence-corrected chi connectivity index (χ1v) is 12.0. The van der Waals surface area contributed by atoms with Crippen molar-refractivity contribution < 1.29 is 13.2 Å². The number of sulfone groups is 1. The molecule has 2 aromatic rings. The molecule has 0 radical (unpaired) electrons. The van der Waals surface area contributed by atoms with Crippen molar-refractivity contribution >= 4 is 21.3 Å². The van der Waals surface area contributed by atoms with Crippen LogP contribution in [0.25, 0.3) is 5.52 Å². The van der Waals surface area contributed by atoms with Crippen LogP contribution in [0.4, 0.5) is 0 Å². The Kier molecular flexibility index (Phi) is 4.43. The predicted molar refractivity (Wildman–Crippen MR) is 106 cm³/mol. The fourth-order valence-electron chi connectivity index (χ4n) is 4.25. The zero-order valence-corrected chi connectivity index (χ0v) is 16.7. The van der Waals surface area contributed by atoms with Gasteiger partial charge >= 0.3 is 0 Å². The van der Waals surface area contributed by atoms with Gasteiger partial charge in [-0.1, -0.05) is 6.07 Å². The van der Waals surface area contributed by atoms with Gasteiger partial charge in [0.1, 0.15) is 0 Å². The Labute approximate surface area is 165 Å². The zero-order valence-electron chi connectivity index (χ0n) is 15.9. The molecule has 8 heteroatoms. The van der Waals surface area contributed by atoms with Crippen LogP contribution in [0.1, 0.15) is 42.0 Å². The fourth-order valence-corrected chi connectivity index (χ4v) is 5.52. The molecule has 1 saturated heterocycles. The zero-order chi connectivity index (χ0) is 19.3. The van der Waals surface area contributed by atoms with Crippen molar-refractivity contribution in [2.75, 3.05) is 24.6 Å². The topological polar surface area (TPSA) is 83.8 Å². The van der Waals surface area contributed by atoms with Gasteiger partial charge in [-0.2, -0.15) is 0 Å². The lowest BCUT2D eigenvalue weighted by Gasteiger charge is -2.25. The molecule has 0 aromatic carbocycles. The molecule has 0 bridgehead atoms. The van der Waals surface area contributed by atoms with Crippen LogP contribution in [-0.4, -0.2) is 59.2 Å². The van der Waals surface area contributed by atoms with Gasteiger partial charge in [0.15, 0.2) is 9.84 Å². The lowest BCUT2D eigenvalue weighted by Crippen LogP contribution is -2.40. The molecule has 1 amide bonds. The Morgan fingerprint density at radius 2 is 1.82 bits per heavy atom. The molecule has 1 aliphatic heterocycles. The van der Waals surface area contributed by atoms with E-state index in [1.165, 1.54) is 25.7 Å². The van der Waals surface area contributed by atoms with Gasteiger partial charge < -0.3 is 5.32 Å². The largest absolute Gasteiger partial charge is 0.346 e. The van der Waals surface area contributed by atoms with Gasteiger partial charge in [-0.15, -0.1) is 0 Å². The quantitative estimate of drug-likeness (QED) is 0.791. The van der Waals surface area contributed by atoms with E-state index in [1.807, 2.05) is 28.8 Å². The third-order valence-electron chi connectivity index (χ3n) is 6.20. The van der Waals surface area contributed by atoms with E-state index in [9.17, 15) is 13.2 Å². The summed E-state index contributed by atoms with van der Waals surface area (Å²) in [4.78, 5) is 19.8. The highest BCUT2D eigenvalue weighted by Crippen LogP contribution is 2.44. The number of rotatable bonds is 6. The lowest BCUT2D eigenvalue weighted by atomic mass is 10.1. The summed E-state index contributed by atoms with van der Waals surface area (Å²) in [7, 11) is -2.91. The van der Waals surface area contributed by atoms with Crippen LogP contribution in [0.15, 0.2) is 24.4 Å². The van der Waals surface area contributed by atoms with Gasteiger partial charge in [0.2, 0.25) is 5.82 Å². The van der Waals surface area contributed by atoms with Crippen LogP contribution in [0.2, 0.25) is 0 Å². The second-order valence-corrected chi connectivity index (χ2v) is 10.7. The minimum absolute atomic E-state index is 0.0996. The minimum Gasteiger partial charge on any atom is -0.346 e. The monoisotopic (exact) mass is 402 g/mol. The average molecular weight is 403 g/mol. The maximum Gasteiger partial charge on any atom is 0.287 e. The molecular formula is C20H26N4O3S. The van der Waals surface area contributed by atoms with Crippen molar-refractivity contribution in [1.29, 1.82) is 0 Å². The number of aromatic nitrogens is 2. The molecule has 3 aliphatic rings. The molecule has 2 aromatic heterocycles. The standard InChI is InChI=1S/C20H26N4O3S/c25-20(22-18(14-4-5-14)15-6-7-15)19-21-16(17-3-1-2-8-24(17)19)13-23-9-11-28(26,27)12-10-23/h1-3,8,14-15,18H,4-7,9-13H2,(H,22,25). The molecule has 2 aliphatic carbocycles. The highest BCUT2D eigenvalue weighted by Gasteiger charge is 2.42. The second-order valence-electron chi connectivity index (χ2n) is 8.44. The third kappa shape index (κ3) is 3.67. The average Bonchev–Trinajstić information content (AvgIpc) is 3.59. The van der Waals surface area contributed by atoms with E-state index in [0.29, 0.717) is 43.3 Å². The van der Waals surface area contributed by atoms with Crippen LogP contribution < -0.4 is 5.32 Å². The van der Waals surface area contributed by atoms with Crippen molar-refractivity contribution in [1.82, 2.24) is 19.6 Å². The van der Waals surface area contributed by atoms with Crippen molar-refractivity contribution in [3.05, 3.63) is 35.9 Å². The predicted octanol–water partition coefficient (Wildman–Crippen LogP) is 1.48. The number of nitrogens with zero attached hydrogens (tertiary/aromatic N) is 3. The molecule has 2 saturated carbocycles. The molecule has 28 heavy (non-hydrogen) atoms. The summed E-state index contributed by atoms with van der Waals surface area (Å²) >= 11 is 0. The van der Waals surface area contributed by atoms with E-state index in [-0.39, 0.29) is 17.4 Å². The third-order valence-corrected chi connectivity index (χ3v) is 7.80. The van der Waals surface area contributed by atoms with E-state index < -0.39 is 9.84 Å². The molecule has 3 heterocycles. The molecular weight excluding hydrogens is 376 g/mol. The number of carbonyl (C=O) groups excluding carboxylic acids is 1. The van der Waals surface area contributed by atoms with E-state index in [1.54, 1.807) is 0 Å². The number of nitrogens with one attached hydrogen (secondary N) is 1. The fraction of sp³-hybridized carbons (Fsp3) is 0.600. The summed E-state index contributed by atoms with van der Waals surface area (Å²) in [6, 6.07) is 6.11. The number of fused-ring (bicyclic) bond motifs is 1. The number of hydrogen-bond donors (Lipinski definition) is 1. The Hall–Kier alpha value is -1.93. The van der Waals surface area contributed by atoms with Gasteiger partial charge in [-0.3, -0.25) is 14.1 Å². The van der Waals surface area contributed by atoms with Crippen molar-refractivity contribution in [3.63, 3.8) is 0 Å². The van der Waals surface area contributed by atoms with Gasteiger partial charge in [0.25, 0.3) is 5.91 Å². The number of amides is 1. The molecule has 7 nitrogen and oxygen atoms in total. The smallest absolute Gasteiger partial charge is 0.287 e. The molecule has 150 valence electrons. The summed E-state index contributed by atoms with van der Waals surface area (Å²) in [5, 5.41) is 3.26. The maximum atomic E-state index is 13.0. The molecule has 1 N–H and O–H groups in total. The normalized spacial score (nSPS) is 22.6. The maximum absolute atomic E-state index is 13.0. The van der Waals surface area contributed by atoms with Crippen molar-refractivity contribution in [3.8, 4) is 0 Å². The summed E-state index contributed by atoms with van der Waals surface area (Å²) < 4.78 is 25.2. The van der Waals surface area contributed by atoms with Crippen LogP contribution in [-0.2, 0) is 16.4 Å². The molecule has 0 atom stereocenters. The minimum atomic E-state index is -2.91. The SMILES string of the molecule is O=C(NC(C1CC1)C1CC1)c1nc(CN2CCS(=O)(=O)CC2)c2ccccn12. The highest BCUT2D eigenvalue weighted by molar-refractivity contribution is 7.91. The molecule has 3 fully saturated rings. The van der Waals surface area contributed by atoms with Gasteiger partial charge in [-0.05, 0) is 49.7 Å². The second kappa shape index (κ2) is 6.84. The Balaban J connectivity index is 1.38. The van der Waals surface area contributed by atoms with Crippen molar-refractivity contribution in [2.45, 2.75) is 38.3 Å². The number of hydrogen-bond acceptors (Lipinski definition) is 5. The number of imidazole rings is 1. The molecule has 0 unspecified atom stereocenters. The molecule has 5 rings (SSSR count). The summed E-state index contributed by atoms with van der Waals surface area (Å²) in [5.41, 5.74) is 1.75. The van der Waals surface area contributed by atoms with Crippen LogP contribution >= 0.6 is 0 Å². The van der Waals surface area contributed by atoms with Gasteiger partial charge in [-0.25, -0.2) is 13.4 Å². The van der Waals surface area contributed by atoms with Crippen LogP contribution in [0.5, 0.6) is 0 Å². The summed E-state index contributed by atoms with van der Waals surface area (Å²) in [6.45, 7) is 1.59. The highest BCUT2D eigenvalue weighted by atomic mass is 32.2. The Morgan fingerprint density at radius 1 is 1.14 bits per heavy atom. The first-order chi connectivity index (χ1) is 13.5. The van der Waals surface area contributed by atoms with Crippen molar-refractivity contribution in [2.24, 2.45) is 11.8 Å². The van der Waals surface area contributed by atoms with E-state index in [2.05, 4.69) is 10.2 Å². The Bertz CT molecular complexity index is 982. The first-order valence-electron chi connectivity index (χ1n) is 10.2. The van der Waals surface area contributed by atoms with Crippen LogP contribution in [0.3, 0.4) is 0 Å². The van der Waals surface area contributed by atoms with Crippen LogP contribution in [0, 0.1) is 11.8 Å². The molecule has 0 spiro atoms. The summed E-state index contributed by atoms with van der Waals surface area (Å²) in [6.07, 6.45) is 6.74. The Morgan fingerprint density at radius 3 is 2.46 bits per heavy atom. The van der Waals surface area contributed by atoms with E-state index in [4.69, 9.17) is 4.98 Å². The number of carbonyl (C=O) groups is 1. The van der Waals surface area contributed by atoms with Gasteiger partial charge in [0, 0.05) is 31.9 Å². The van der Waals surface area contributed by atoms with E-state index in [0.717, 1.165) is 11.2 Å². The van der Waals surface area contributed by atoms with Gasteiger partial charge in [0.05, 0.1) is 22.7 Å². The van der Waals surface area contributed by atoms with E-state index >= 15 is 0 Å². The first kappa shape index (κ1) is 18.1.